The molecule has 0 bridgehead atoms. The van der Waals surface area contributed by atoms with Crippen molar-refractivity contribution >= 4 is 23.4 Å². The number of ether oxygens (including phenoxy) is 1. The summed E-state index contributed by atoms with van der Waals surface area (Å²) >= 11 is 0. The number of nitriles is 1. The fourth-order valence-electron chi connectivity index (χ4n) is 3.81. The summed E-state index contributed by atoms with van der Waals surface area (Å²) in [6.07, 6.45) is 4.78. The first-order chi connectivity index (χ1) is 16.0. The quantitative estimate of drug-likeness (QED) is 0.532. The first-order valence-electron chi connectivity index (χ1n) is 10.7. The Labute approximate surface area is 192 Å². The molecule has 4 rings (SSSR count). The standard InChI is InChI=1S/C25H25FN6O/c1-17-14-19(4-3-8-27)15-18(2)24(17)33-23-7-9-29-25(31-23)30-20-5-6-22(21(26)16-20)32-12-10-28-11-13-32/h3-7,9,14-16,28H,10-13H2,1-2H3,(H,29,30,31)/b4-3+. The van der Waals surface area contributed by atoms with E-state index >= 15 is 0 Å². The number of hydrogen-bond acceptors (Lipinski definition) is 7. The number of nitrogens with one attached hydrogen (secondary N) is 2. The van der Waals surface area contributed by atoms with Crippen LogP contribution in [0.1, 0.15) is 16.7 Å². The molecule has 7 nitrogen and oxygen atoms in total. The number of benzene rings is 2. The van der Waals surface area contributed by atoms with Crippen molar-refractivity contribution in [3.05, 3.63) is 71.2 Å². The van der Waals surface area contributed by atoms with Crippen LogP contribution in [0, 0.1) is 31.0 Å². The van der Waals surface area contributed by atoms with Gasteiger partial charge in [0.1, 0.15) is 11.6 Å². The van der Waals surface area contributed by atoms with E-state index in [1.165, 1.54) is 12.1 Å². The second-order valence-corrected chi connectivity index (χ2v) is 7.80. The lowest BCUT2D eigenvalue weighted by molar-refractivity contribution is 0.455. The van der Waals surface area contributed by atoms with Crippen molar-refractivity contribution in [3.63, 3.8) is 0 Å². The third kappa shape index (κ3) is 5.45. The summed E-state index contributed by atoms with van der Waals surface area (Å²) in [6.45, 7) is 7.13. The maximum Gasteiger partial charge on any atom is 0.230 e. The molecule has 0 spiro atoms. The highest BCUT2D eigenvalue weighted by atomic mass is 19.1. The molecule has 0 radical (unpaired) electrons. The van der Waals surface area contributed by atoms with E-state index < -0.39 is 0 Å². The average Bonchev–Trinajstić information content (AvgIpc) is 2.81. The van der Waals surface area contributed by atoms with Gasteiger partial charge in [-0.15, -0.1) is 0 Å². The van der Waals surface area contributed by atoms with Gasteiger partial charge in [0.05, 0.1) is 11.8 Å². The molecule has 2 heterocycles. The molecule has 2 aromatic carbocycles. The van der Waals surface area contributed by atoms with Gasteiger partial charge in [-0.25, -0.2) is 9.37 Å². The minimum atomic E-state index is -0.286. The Morgan fingerprint density at radius 3 is 2.61 bits per heavy atom. The van der Waals surface area contributed by atoms with Crippen LogP contribution >= 0.6 is 0 Å². The molecule has 1 aliphatic heterocycles. The van der Waals surface area contributed by atoms with Gasteiger partial charge in [0.2, 0.25) is 11.8 Å². The summed E-state index contributed by atoms with van der Waals surface area (Å²) in [5.41, 5.74) is 3.93. The van der Waals surface area contributed by atoms with E-state index in [9.17, 15) is 4.39 Å². The van der Waals surface area contributed by atoms with E-state index in [-0.39, 0.29) is 5.82 Å². The fourth-order valence-corrected chi connectivity index (χ4v) is 3.81. The van der Waals surface area contributed by atoms with Crippen LogP contribution in [0.15, 0.2) is 48.7 Å². The molecule has 2 N–H and O–H groups in total. The molecule has 0 atom stereocenters. The van der Waals surface area contributed by atoms with Crippen LogP contribution in [-0.4, -0.2) is 36.1 Å². The van der Waals surface area contributed by atoms with Crippen LogP contribution in [0.2, 0.25) is 0 Å². The average molecular weight is 445 g/mol. The van der Waals surface area contributed by atoms with Gasteiger partial charge < -0.3 is 20.3 Å². The van der Waals surface area contributed by atoms with Crippen molar-refractivity contribution in [3.8, 4) is 17.7 Å². The Balaban J connectivity index is 1.49. The van der Waals surface area contributed by atoms with Crippen molar-refractivity contribution in [2.24, 2.45) is 0 Å². The van der Waals surface area contributed by atoms with E-state index in [4.69, 9.17) is 10.00 Å². The minimum absolute atomic E-state index is 0.286. The summed E-state index contributed by atoms with van der Waals surface area (Å²) in [5, 5.41) is 15.0. The molecular weight excluding hydrogens is 419 g/mol. The van der Waals surface area contributed by atoms with Crippen LogP contribution in [0.3, 0.4) is 0 Å². The van der Waals surface area contributed by atoms with E-state index in [1.807, 2.05) is 43.0 Å². The number of allylic oxidation sites excluding steroid dienone is 1. The van der Waals surface area contributed by atoms with Gasteiger partial charge in [-0.1, -0.05) is 0 Å². The van der Waals surface area contributed by atoms with E-state index in [1.54, 1.807) is 24.4 Å². The van der Waals surface area contributed by atoms with E-state index in [2.05, 4.69) is 20.6 Å². The third-order valence-corrected chi connectivity index (χ3v) is 5.33. The van der Waals surface area contributed by atoms with Crippen molar-refractivity contribution < 1.29 is 9.13 Å². The van der Waals surface area contributed by atoms with Crippen LogP contribution in [0.5, 0.6) is 11.6 Å². The lowest BCUT2D eigenvalue weighted by Gasteiger charge is -2.29. The molecule has 0 saturated carbocycles. The molecule has 1 fully saturated rings. The van der Waals surface area contributed by atoms with Crippen molar-refractivity contribution in [1.82, 2.24) is 15.3 Å². The van der Waals surface area contributed by atoms with E-state index in [0.29, 0.717) is 29.0 Å². The molecule has 1 aromatic heterocycles. The van der Waals surface area contributed by atoms with Crippen molar-refractivity contribution in [1.29, 1.82) is 5.26 Å². The number of halogens is 1. The normalized spacial score (nSPS) is 13.7. The smallest absolute Gasteiger partial charge is 0.230 e. The Morgan fingerprint density at radius 2 is 1.91 bits per heavy atom. The fraction of sp³-hybridized carbons (Fsp3) is 0.240. The zero-order valence-corrected chi connectivity index (χ0v) is 18.6. The Hall–Kier alpha value is -3.96. The molecule has 168 valence electrons. The number of nitrogens with zero attached hydrogens (tertiary/aromatic N) is 4. The SMILES string of the molecule is Cc1cc(/C=C/C#N)cc(C)c1Oc1ccnc(Nc2ccc(N3CCNCC3)c(F)c2)n1. The maximum absolute atomic E-state index is 14.7. The van der Waals surface area contributed by atoms with Crippen LogP contribution in [0.25, 0.3) is 6.08 Å². The Kier molecular flexibility index (Phi) is 6.81. The number of anilines is 3. The largest absolute Gasteiger partial charge is 0.438 e. The number of aromatic nitrogens is 2. The number of hydrogen-bond donors (Lipinski definition) is 2. The van der Waals surface area contributed by atoms with Gasteiger partial charge in [-0.05, 0) is 66.9 Å². The molecule has 8 heteroatoms. The van der Waals surface area contributed by atoms with Crippen LogP contribution in [-0.2, 0) is 0 Å². The summed E-state index contributed by atoms with van der Waals surface area (Å²) in [7, 11) is 0. The molecular formula is C25H25FN6O. The summed E-state index contributed by atoms with van der Waals surface area (Å²) < 4.78 is 20.7. The Morgan fingerprint density at radius 1 is 1.15 bits per heavy atom. The molecule has 3 aromatic rings. The predicted octanol–water partition coefficient (Wildman–Crippen LogP) is 4.71. The van der Waals surface area contributed by atoms with Gasteiger partial charge in [0.15, 0.2) is 0 Å². The number of piperazine rings is 1. The van der Waals surface area contributed by atoms with Gasteiger partial charge in [0, 0.05) is 50.2 Å². The highest BCUT2D eigenvalue weighted by molar-refractivity contribution is 5.61. The van der Waals surface area contributed by atoms with Gasteiger partial charge in [-0.3, -0.25) is 0 Å². The van der Waals surface area contributed by atoms with Crippen LogP contribution in [0.4, 0.5) is 21.7 Å². The van der Waals surface area contributed by atoms with Crippen LogP contribution < -0.4 is 20.3 Å². The molecule has 0 aliphatic carbocycles. The highest BCUT2D eigenvalue weighted by Crippen LogP contribution is 2.30. The molecule has 0 unspecified atom stereocenters. The topological polar surface area (TPSA) is 86.1 Å². The summed E-state index contributed by atoms with van der Waals surface area (Å²) in [4.78, 5) is 10.7. The maximum atomic E-state index is 14.7. The second-order valence-electron chi connectivity index (χ2n) is 7.80. The monoisotopic (exact) mass is 444 g/mol. The minimum Gasteiger partial charge on any atom is -0.438 e. The summed E-state index contributed by atoms with van der Waals surface area (Å²) in [5.74, 6) is 1.09. The third-order valence-electron chi connectivity index (χ3n) is 5.33. The van der Waals surface area contributed by atoms with Crippen molar-refractivity contribution in [2.75, 3.05) is 36.4 Å². The zero-order valence-electron chi connectivity index (χ0n) is 18.6. The molecule has 1 saturated heterocycles. The lowest BCUT2D eigenvalue weighted by Crippen LogP contribution is -2.43. The van der Waals surface area contributed by atoms with Gasteiger partial charge in [-0.2, -0.15) is 10.2 Å². The van der Waals surface area contributed by atoms with Gasteiger partial charge >= 0.3 is 0 Å². The Bertz CT molecular complexity index is 1190. The van der Waals surface area contributed by atoms with Crippen molar-refractivity contribution in [2.45, 2.75) is 13.8 Å². The molecule has 1 aliphatic rings. The lowest BCUT2D eigenvalue weighted by atomic mass is 10.1. The zero-order chi connectivity index (χ0) is 23.2. The first-order valence-corrected chi connectivity index (χ1v) is 10.7. The highest BCUT2D eigenvalue weighted by Gasteiger charge is 2.15. The number of rotatable bonds is 6. The predicted molar refractivity (Wildman–Crippen MR) is 127 cm³/mol. The van der Waals surface area contributed by atoms with E-state index in [0.717, 1.165) is 42.9 Å². The summed E-state index contributed by atoms with van der Waals surface area (Å²) in [6, 6.07) is 12.6. The second kappa shape index (κ2) is 10.1. The molecule has 0 amide bonds. The van der Waals surface area contributed by atoms with Gasteiger partial charge in [0.25, 0.3) is 0 Å². The first kappa shape index (κ1) is 22.2. The number of aryl methyl sites for hydroxylation is 2. The molecule has 33 heavy (non-hydrogen) atoms.